The number of aromatic hydroxyl groups is 1. The van der Waals surface area contributed by atoms with E-state index in [0.29, 0.717) is 84.3 Å². The van der Waals surface area contributed by atoms with Crippen LogP contribution in [0.5, 0.6) is 23.0 Å². The van der Waals surface area contributed by atoms with E-state index < -0.39 is 36.7 Å². The fourth-order valence-electron chi connectivity index (χ4n) is 14.3. The van der Waals surface area contributed by atoms with Gasteiger partial charge in [0.25, 0.3) is 0 Å². The molecule has 4 heterocycles. The number of phenols is 1. The molecule has 0 amide bonds. The number of methoxy groups -OCH3 is 1. The zero-order valence-electron chi connectivity index (χ0n) is 44.2. The topological polar surface area (TPSA) is 218 Å². The van der Waals surface area contributed by atoms with Crippen molar-refractivity contribution in [1.82, 2.24) is 10.6 Å². The molecule has 2 fully saturated rings. The second-order valence-corrected chi connectivity index (χ2v) is 25.3. The Morgan fingerprint density at radius 1 is 0.974 bits per heavy atom. The van der Waals surface area contributed by atoms with Crippen LogP contribution in [0.1, 0.15) is 135 Å². The highest BCUT2D eigenvalue weighted by molar-refractivity contribution is 8.76. The molecule has 16 heteroatoms. The predicted molar refractivity (Wildman–Crippen MR) is 296 cm³/mol. The van der Waals surface area contributed by atoms with Gasteiger partial charge in [0.15, 0.2) is 35.8 Å². The van der Waals surface area contributed by atoms with Gasteiger partial charge in [0.2, 0.25) is 6.29 Å². The molecule has 76 heavy (non-hydrogen) atoms. The quantitative estimate of drug-likeness (QED) is 0.0647. The SMILES string of the molecule is COC(CO)CCC1C2CC3(CCCC3c3ccccc32)CC12CC#CC1NC(N)=NC(C(C)C)CSSCC1C1Cc3c4cc(c(c3OC1O)OCN2)CC#Cc1c(ccc(O)c1OCO)CCC(=O)CC(O)CC4. The number of nitrogens with one attached hydrogen (secondary N) is 2. The number of ketones is 1. The summed E-state index contributed by atoms with van der Waals surface area (Å²) in [5.41, 5.74) is 12.7. The Labute approximate surface area is 455 Å². The van der Waals surface area contributed by atoms with Crippen LogP contribution in [0.4, 0.5) is 0 Å². The molecule has 2 saturated carbocycles. The minimum atomic E-state index is -1.26. The number of hydrogen-bond acceptors (Lipinski definition) is 16. The minimum Gasteiger partial charge on any atom is -0.504 e. The lowest BCUT2D eigenvalue weighted by Crippen LogP contribution is -2.62. The van der Waals surface area contributed by atoms with Gasteiger partial charge in [-0.15, -0.1) is 0 Å². The van der Waals surface area contributed by atoms with Crippen molar-refractivity contribution in [1.29, 1.82) is 0 Å². The van der Waals surface area contributed by atoms with Gasteiger partial charge in [0, 0.05) is 72.8 Å². The molecule has 11 rings (SSSR count). The van der Waals surface area contributed by atoms with Crippen LogP contribution in [0.3, 0.4) is 0 Å². The van der Waals surface area contributed by atoms with Crippen molar-refractivity contribution >= 4 is 33.3 Å². The van der Waals surface area contributed by atoms with Crippen molar-refractivity contribution in [3.8, 4) is 46.7 Å². The van der Waals surface area contributed by atoms with Gasteiger partial charge in [-0.1, -0.05) is 102 Å². The smallest absolute Gasteiger partial charge is 0.201 e. The van der Waals surface area contributed by atoms with E-state index in [1.165, 1.54) is 17.2 Å². The summed E-state index contributed by atoms with van der Waals surface area (Å²) in [6.07, 6.45) is 6.53. The van der Waals surface area contributed by atoms with E-state index in [9.17, 15) is 30.3 Å². The Bertz CT molecular complexity index is 2770. The third kappa shape index (κ3) is 11.2. The van der Waals surface area contributed by atoms with Crippen LogP contribution in [-0.2, 0) is 35.2 Å². The normalized spacial score (nSPS) is 31.7. The standard InChI is InChI=1S/C60H76N4O10S2/c1-35(2)52-31-76-75-30-48-46-27-45-37-16-19-40(68)26-39(67)18-15-36-17-22-53(69)55(73-34-66)42(36)12-6-9-38(25-37)54(56(45)74-57(46)70)72-33-62-60(24-8-14-51(48)63-58(61)64-52)32-59-23-7-13-49(59)44-11-5-4-10-43(44)47(28-59)50(60)21-20-41(29-65)71-3/h4-5,10-11,17,22,25,35,40-41,46-52,57,62,65-66,68-70H,7,9,13,15-16,18-21,23-24,26-34H2,1-3H3,(H3,61,63,64). The number of carbonyl (C=O) groups excluding carboxylic acids is 1. The molecule has 4 aliphatic carbocycles. The van der Waals surface area contributed by atoms with Gasteiger partial charge < -0.3 is 55.5 Å². The Balaban J connectivity index is 1.15. The summed E-state index contributed by atoms with van der Waals surface area (Å²) in [7, 11) is 5.19. The predicted octanol–water partition coefficient (Wildman–Crippen LogP) is 7.01. The molecule has 2 spiro atoms. The number of nitrogens with zero attached hydrogens (tertiary/aromatic N) is 1. The second kappa shape index (κ2) is 23.8. The van der Waals surface area contributed by atoms with Crippen LogP contribution < -0.4 is 30.6 Å². The molecule has 14 nitrogen and oxygen atoms in total. The van der Waals surface area contributed by atoms with Crippen LogP contribution in [0.25, 0.3) is 0 Å². The third-order valence-corrected chi connectivity index (χ3v) is 20.6. The van der Waals surface area contributed by atoms with Crippen LogP contribution in [0.15, 0.2) is 47.5 Å². The lowest BCUT2D eigenvalue weighted by molar-refractivity contribution is -0.121. The largest absolute Gasteiger partial charge is 0.504 e. The van der Waals surface area contributed by atoms with Crippen molar-refractivity contribution in [3.63, 3.8) is 0 Å². The van der Waals surface area contributed by atoms with Gasteiger partial charge in [0.05, 0.1) is 36.5 Å². The number of Topliss-reactive ketones (excluding diaryl/α,β-unsaturated/α-hetero) is 1. The maximum atomic E-state index is 13.4. The summed E-state index contributed by atoms with van der Waals surface area (Å²) in [5.74, 6) is 16.7. The highest BCUT2D eigenvalue weighted by atomic mass is 33.1. The lowest BCUT2D eigenvalue weighted by Gasteiger charge is -2.60. The lowest BCUT2D eigenvalue weighted by atomic mass is 9.47. The summed E-state index contributed by atoms with van der Waals surface area (Å²) in [6, 6.07) is 13.8. The third-order valence-electron chi connectivity index (χ3n) is 18.1. The summed E-state index contributed by atoms with van der Waals surface area (Å²) >= 11 is 0. The first-order chi connectivity index (χ1) is 36.8. The monoisotopic (exact) mass is 1080 g/mol. The van der Waals surface area contributed by atoms with Crippen LogP contribution >= 0.6 is 21.6 Å². The zero-order chi connectivity index (χ0) is 53.1. The molecule has 408 valence electrons. The maximum Gasteiger partial charge on any atom is 0.201 e. The molecule has 3 aromatic carbocycles. The van der Waals surface area contributed by atoms with E-state index in [-0.39, 0.29) is 91.1 Å². The molecule has 0 aromatic heterocycles. The number of aliphatic imine (C=N–C) groups is 1. The molecule has 12 unspecified atom stereocenters. The van der Waals surface area contributed by atoms with Gasteiger partial charge in [0.1, 0.15) is 12.5 Å². The average molecular weight is 1080 g/mol. The average Bonchev–Trinajstić information content (AvgIpc) is 3.98. The number of nitrogens with two attached hydrogens (primary N) is 1. The number of carbonyl (C=O) groups is 1. The number of guanidine groups is 1. The van der Waals surface area contributed by atoms with E-state index >= 15 is 0 Å². The van der Waals surface area contributed by atoms with Gasteiger partial charge >= 0.3 is 0 Å². The Morgan fingerprint density at radius 3 is 2.61 bits per heavy atom. The number of aliphatic hydroxyl groups excluding tert-OH is 4. The zero-order valence-corrected chi connectivity index (χ0v) is 45.8. The number of hydrogen-bond donors (Lipinski definition) is 8. The summed E-state index contributed by atoms with van der Waals surface area (Å²) in [5, 5.41) is 63.0. The van der Waals surface area contributed by atoms with E-state index in [1.54, 1.807) is 34.8 Å². The van der Waals surface area contributed by atoms with Crippen molar-refractivity contribution in [2.24, 2.45) is 39.8 Å². The van der Waals surface area contributed by atoms with Gasteiger partial charge in [-0.05, 0) is 122 Å². The first-order valence-corrected chi connectivity index (χ1v) is 30.0. The number of ether oxygens (including phenoxy) is 4. The maximum absolute atomic E-state index is 13.4. The second-order valence-electron chi connectivity index (χ2n) is 22.8. The van der Waals surface area contributed by atoms with Crippen molar-refractivity contribution in [2.75, 3.05) is 38.7 Å². The first-order valence-electron chi connectivity index (χ1n) is 27.6. The molecule has 8 bridgehead atoms. The molecule has 4 aliphatic heterocycles. The molecular formula is C60H76N4O10S2. The van der Waals surface area contributed by atoms with Gasteiger partial charge in [-0.2, -0.15) is 0 Å². The van der Waals surface area contributed by atoms with Gasteiger partial charge in [-0.25, -0.2) is 4.99 Å². The van der Waals surface area contributed by atoms with Crippen LogP contribution in [0, 0.1) is 52.8 Å². The minimum absolute atomic E-state index is 0.00330. The highest BCUT2D eigenvalue weighted by Gasteiger charge is 2.61. The number of aliphatic hydroxyl groups is 4. The summed E-state index contributed by atoms with van der Waals surface area (Å²) in [6.45, 7) is 3.63. The fourth-order valence-corrected chi connectivity index (χ4v) is 17.1. The molecule has 8 aliphatic rings. The number of benzene rings is 3. The molecular weight excluding hydrogens is 1000 g/mol. The van der Waals surface area contributed by atoms with Crippen molar-refractivity contribution < 1.29 is 49.3 Å². The number of rotatable bonds is 8. The van der Waals surface area contributed by atoms with Gasteiger partial charge in [-0.3, -0.25) is 10.1 Å². The number of aryl methyl sites for hydroxylation is 2. The summed E-state index contributed by atoms with van der Waals surface area (Å²) < 4.78 is 25.4. The number of phenolic OH excluding ortho intramolecular Hbond substituents is 1. The van der Waals surface area contributed by atoms with Crippen LogP contribution in [0.2, 0.25) is 0 Å². The van der Waals surface area contributed by atoms with E-state index in [2.05, 4.69) is 78.5 Å². The Morgan fingerprint density at radius 2 is 1.80 bits per heavy atom. The van der Waals surface area contributed by atoms with Crippen LogP contribution in [-0.4, -0.2) is 112 Å². The number of fused-ring (bicyclic) bond motifs is 11. The molecule has 0 saturated heterocycles. The fraction of sp³-hybridized carbons (Fsp3) is 0.600. The van der Waals surface area contributed by atoms with E-state index in [1.807, 2.05) is 0 Å². The van der Waals surface area contributed by atoms with E-state index in [4.69, 9.17) is 29.7 Å². The van der Waals surface area contributed by atoms with E-state index in [0.717, 1.165) is 55.4 Å². The Kier molecular flexibility index (Phi) is 17.1. The molecule has 12 atom stereocenters. The molecule has 0 radical (unpaired) electrons. The highest BCUT2D eigenvalue weighted by Crippen LogP contribution is 2.68. The van der Waals surface area contributed by atoms with Crippen molar-refractivity contribution in [3.05, 3.63) is 81.4 Å². The first kappa shape index (κ1) is 54.7. The summed E-state index contributed by atoms with van der Waals surface area (Å²) in [4.78, 5) is 18.5. The Hall–Kier alpha value is -4.62. The molecule has 3 aromatic rings. The molecule has 9 N–H and O–H groups in total. The van der Waals surface area contributed by atoms with Crippen molar-refractivity contribution in [2.45, 2.75) is 158 Å².